The Morgan fingerprint density at radius 2 is 1.80 bits per heavy atom. The van der Waals surface area contributed by atoms with Gasteiger partial charge in [-0.1, -0.05) is 0 Å². The molecule has 2 amide bonds. The van der Waals surface area contributed by atoms with Crippen molar-refractivity contribution in [3.8, 4) is 0 Å². The fraction of sp³-hybridized carbons (Fsp3) is 0.800. The van der Waals surface area contributed by atoms with Crippen LogP contribution in [0.3, 0.4) is 0 Å². The Labute approximate surface area is 90.4 Å². The van der Waals surface area contributed by atoms with E-state index in [1.807, 2.05) is 0 Å². The van der Waals surface area contributed by atoms with Gasteiger partial charge in [0.1, 0.15) is 0 Å². The van der Waals surface area contributed by atoms with Gasteiger partial charge >= 0.3 is 0 Å². The summed E-state index contributed by atoms with van der Waals surface area (Å²) in [4.78, 5) is 26.0. The smallest absolute Gasteiger partial charge is 0.241 e. The van der Waals surface area contributed by atoms with Crippen molar-refractivity contribution in [1.29, 1.82) is 0 Å². The summed E-state index contributed by atoms with van der Waals surface area (Å²) in [5.74, 6) is 0.462. The molecule has 1 aliphatic rings. The topological polar surface area (TPSA) is 52.7 Å². The van der Waals surface area contributed by atoms with Crippen LogP contribution in [0.5, 0.6) is 0 Å². The number of hydrogen-bond acceptors (Lipinski definition) is 3. The van der Waals surface area contributed by atoms with Crippen LogP contribution in [0.25, 0.3) is 0 Å². The zero-order valence-electron chi connectivity index (χ0n) is 9.62. The zero-order chi connectivity index (χ0) is 11.4. The second-order valence-corrected chi connectivity index (χ2v) is 4.27. The summed E-state index contributed by atoms with van der Waals surface area (Å²) in [6.45, 7) is 2.01. The number of nitrogens with one attached hydrogen (secondary N) is 1. The first-order chi connectivity index (χ1) is 7.00. The quantitative estimate of drug-likeness (QED) is 0.661. The molecule has 0 aromatic carbocycles. The summed E-state index contributed by atoms with van der Waals surface area (Å²) in [5, 5.41) is 3.12. The minimum atomic E-state index is -0.0439. The van der Waals surface area contributed by atoms with E-state index in [1.165, 1.54) is 9.80 Å². The molecule has 15 heavy (non-hydrogen) atoms. The van der Waals surface area contributed by atoms with Crippen molar-refractivity contribution in [3.05, 3.63) is 0 Å². The molecule has 0 radical (unpaired) electrons. The van der Waals surface area contributed by atoms with Crippen LogP contribution in [-0.2, 0) is 9.59 Å². The number of carbonyl (C=O) groups is 2. The van der Waals surface area contributed by atoms with Crippen molar-refractivity contribution in [2.75, 3.05) is 40.8 Å². The Bertz CT molecular complexity index is 249. The van der Waals surface area contributed by atoms with Crippen LogP contribution in [0, 0.1) is 5.92 Å². The van der Waals surface area contributed by atoms with Crippen LogP contribution in [0.15, 0.2) is 0 Å². The van der Waals surface area contributed by atoms with Crippen LogP contribution in [-0.4, -0.2) is 62.4 Å². The molecule has 0 aromatic rings. The molecule has 1 aliphatic heterocycles. The van der Waals surface area contributed by atoms with Crippen LogP contribution in [0.2, 0.25) is 0 Å². The van der Waals surface area contributed by atoms with Gasteiger partial charge in [0.05, 0.1) is 6.54 Å². The monoisotopic (exact) mass is 213 g/mol. The standard InChI is InChI=1S/C10H19N3O2/c1-12(2)10(15)7-13(3)9(14)4-8-5-11-6-8/h8,11H,4-7H2,1-3H3. The lowest BCUT2D eigenvalue weighted by Gasteiger charge is -2.28. The van der Waals surface area contributed by atoms with Crippen LogP contribution in [0.1, 0.15) is 6.42 Å². The molecule has 5 heteroatoms. The van der Waals surface area contributed by atoms with E-state index in [0.29, 0.717) is 12.3 Å². The van der Waals surface area contributed by atoms with E-state index < -0.39 is 0 Å². The zero-order valence-corrected chi connectivity index (χ0v) is 9.62. The summed E-state index contributed by atoms with van der Waals surface area (Å²) >= 11 is 0. The third-order valence-electron chi connectivity index (χ3n) is 2.63. The van der Waals surface area contributed by atoms with Crippen molar-refractivity contribution in [2.45, 2.75) is 6.42 Å². The lowest BCUT2D eigenvalue weighted by molar-refractivity contribution is -0.138. The number of carbonyl (C=O) groups excluding carboxylic acids is 2. The van der Waals surface area contributed by atoms with Gasteiger partial charge in [-0.3, -0.25) is 9.59 Å². The highest BCUT2D eigenvalue weighted by Gasteiger charge is 2.22. The Morgan fingerprint density at radius 3 is 2.20 bits per heavy atom. The molecule has 0 bridgehead atoms. The van der Waals surface area contributed by atoms with Crippen molar-refractivity contribution >= 4 is 11.8 Å². The van der Waals surface area contributed by atoms with E-state index in [2.05, 4.69) is 5.32 Å². The van der Waals surface area contributed by atoms with Gasteiger partial charge in [-0.05, 0) is 19.0 Å². The molecule has 86 valence electrons. The number of likely N-dealkylation sites (N-methyl/N-ethyl adjacent to an activating group) is 2. The predicted octanol–water partition coefficient (Wildman–Crippen LogP) is -0.857. The fourth-order valence-electron chi connectivity index (χ4n) is 1.33. The van der Waals surface area contributed by atoms with Crippen molar-refractivity contribution in [3.63, 3.8) is 0 Å². The molecule has 0 aromatic heterocycles. The molecular formula is C10H19N3O2. The second kappa shape index (κ2) is 5.11. The number of rotatable bonds is 4. The van der Waals surface area contributed by atoms with Crippen LogP contribution < -0.4 is 5.32 Å². The normalized spacial score (nSPS) is 15.7. The molecule has 0 aliphatic carbocycles. The predicted molar refractivity (Wildman–Crippen MR) is 57.3 cm³/mol. The SMILES string of the molecule is CN(C)C(=O)CN(C)C(=O)CC1CNC1. The summed E-state index contributed by atoms with van der Waals surface area (Å²) in [5.41, 5.74) is 0. The summed E-state index contributed by atoms with van der Waals surface area (Å²) in [6.07, 6.45) is 0.546. The van der Waals surface area contributed by atoms with Gasteiger partial charge in [0.15, 0.2) is 0 Å². The van der Waals surface area contributed by atoms with E-state index in [1.54, 1.807) is 21.1 Å². The number of hydrogen-bond donors (Lipinski definition) is 1. The van der Waals surface area contributed by atoms with Gasteiger partial charge in [0.25, 0.3) is 0 Å². The Morgan fingerprint density at radius 1 is 1.20 bits per heavy atom. The van der Waals surface area contributed by atoms with Gasteiger partial charge in [0.2, 0.25) is 11.8 Å². The Kier molecular flexibility index (Phi) is 4.08. The van der Waals surface area contributed by atoms with Crippen molar-refractivity contribution in [2.24, 2.45) is 5.92 Å². The van der Waals surface area contributed by atoms with Gasteiger partial charge in [-0.2, -0.15) is 0 Å². The second-order valence-electron chi connectivity index (χ2n) is 4.27. The number of nitrogens with zero attached hydrogens (tertiary/aromatic N) is 2. The third-order valence-corrected chi connectivity index (χ3v) is 2.63. The third kappa shape index (κ3) is 3.51. The Hall–Kier alpha value is -1.10. The van der Waals surface area contributed by atoms with E-state index in [0.717, 1.165) is 13.1 Å². The molecule has 1 rings (SSSR count). The number of amides is 2. The van der Waals surface area contributed by atoms with Crippen LogP contribution in [0.4, 0.5) is 0 Å². The minimum Gasteiger partial charge on any atom is -0.347 e. The molecule has 0 atom stereocenters. The maximum absolute atomic E-state index is 11.6. The Balaban J connectivity index is 2.28. The largest absolute Gasteiger partial charge is 0.347 e. The maximum Gasteiger partial charge on any atom is 0.241 e. The van der Waals surface area contributed by atoms with E-state index in [4.69, 9.17) is 0 Å². The molecule has 0 unspecified atom stereocenters. The molecule has 0 saturated carbocycles. The van der Waals surface area contributed by atoms with Crippen molar-refractivity contribution < 1.29 is 9.59 Å². The lowest BCUT2D eigenvalue weighted by atomic mass is 9.99. The van der Waals surface area contributed by atoms with E-state index in [-0.39, 0.29) is 18.4 Å². The fourth-order valence-corrected chi connectivity index (χ4v) is 1.33. The van der Waals surface area contributed by atoms with Gasteiger partial charge < -0.3 is 15.1 Å². The van der Waals surface area contributed by atoms with Crippen LogP contribution >= 0.6 is 0 Å². The molecule has 1 fully saturated rings. The first kappa shape index (κ1) is 12.0. The van der Waals surface area contributed by atoms with Gasteiger partial charge in [0, 0.05) is 27.6 Å². The van der Waals surface area contributed by atoms with Crippen molar-refractivity contribution in [1.82, 2.24) is 15.1 Å². The highest BCUT2D eigenvalue weighted by Crippen LogP contribution is 2.09. The summed E-state index contributed by atoms with van der Waals surface area (Å²) < 4.78 is 0. The maximum atomic E-state index is 11.6. The lowest BCUT2D eigenvalue weighted by Crippen LogP contribution is -2.46. The molecule has 0 spiro atoms. The average molecular weight is 213 g/mol. The molecule has 1 heterocycles. The highest BCUT2D eigenvalue weighted by molar-refractivity contribution is 5.84. The minimum absolute atomic E-state index is 0.0439. The highest BCUT2D eigenvalue weighted by atomic mass is 16.2. The molecule has 1 N–H and O–H groups in total. The average Bonchev–Trinajstić information content (AvgIpc) is 2.10. The molecular weight excluding hydrogens is 194 g/mol. The summed E-state index contributed by atoms with van der Waals surface area (Å²) in [7, 11) is 5.06. The summed E-state index contributed by atoms with van der Waals surface area (Å²) in [6, 6.07) is 0. The van der Waals surface area contributed by atoms with E-state index in [9.17, 15) is 9.59 Å². The van der Waals surface area contributed by atoms with E-state index >= 15 is 0 Å². The van der Waals surface area contributed by atoms with Gasteiger partial charge in [-0.25, -0.2) is 0 Å². The van der Waals surface area contributed by atoms with Gasteiger partial charge in [-0.15, -0.1) is 0 Å². The molecule has 1 saturated heterocycles. The molecule has 5 nitrogen and oxygen atoms in total. The first-order valence-corrected chi connectivity index (χ1v) is 5.15. The first-order valence-electron chi connectivity index (χ1n) is 5.15.